The topological polar surface area (TPSA) is 57.3 Å². The van der Waals surface area contributed by atoms with E-state index in [0.29, 0.717) is 29.9 Å². The summed E-state index contributed by atoms with van der Waals surface area (Å²) in [4.78, 5) is 18.1. The molecular weight excluding hydrogens is 295 g/mol. The van der Waals surface area contributed by atoms with E-state index in [1.165, 1.54) is 12.3 Å². The van der Waals surface area contributed by atoms with Crippen molar-refractivity contribution in [3.8, 4) is 0 Å². The molecule has 0 atom stereocenters. The van der Waals surface area contributed by atoms with Gasteiger partial charge in [0.1, 0.15) is 5.82 Å². The van der Waals surface area contributed by atoms with Crippen LogP contribution in [0.3, 0.4) is 0 Å². The van der Waals surface area contributed by atoms with Crippen LogP contribution in [-0.2, 0) is 6.54 Å². The van der Waals surface area contributed by atoms with Crippen molar-refractivity contribution in [1.82, 2.24) is 15.2 Å². The number of nitrogens with zero attached hydrogens (tertiary/aromatic N) is 2. The number of anilines is 1. The van der Waals surface area contributed by atoms with Gasteiger partial charge in [-0.05, 0) is 26.2 Å². The Hall–Kier alpha value is -2.47. The normalized spacial score (nSPS) is 10.6. The number of amides is 1. The highest BCUT2D eigenvalue weighted by Crippen LogP contribution is 2.12. The fourth-order valence-electron chi connectivity index (χ4n) is 1.99. The molecule has 1 amide bonds. The lowest BCUT2D eigenvalue weighted by Crippen LogP contribution is -2.31. The van der Waals surface area contributed by atoms with Crippen molar-refractivity contribution in [2.45, 2.75) is 6.54 Å². The molecule has 2 rings (SSSR count). The van der Waals surface area contributed by atoms with E-state index in [0.717, 1.165) is 6.54 Å². The van der Waals surface area contributed by atoms with Crippen molar-refractivity contribution in [2.24, 2.45) is 0 Å². The lowest BCUT2D eigenvalue weighted by molar-refractivity contribution is 0.0950. The molecule has 1 heterocycles. The van der Waals surface area contributed by atoms with Gasteiger partial charge in [-0.3, -0.25) is 9.78 Å². The molecule has 0 aliphatic heterocycles. The summed E-state index contributed by atoms with van der Waals surface area (Å²) in [6.45, 7) is 1.67. The highest BCUT2D eigenvalue weighted by Gasteiger charge is 2.07. The minimum absolute atomic E-state index is 0.172. The number of likely N-dealkylation sites (N-methyl/N-ethyl adjacent to an activating group) is 1. The molecule has 0 bridgehead atoms. The minimum atomic E-state index is -0.259. The number of benzene rings is 1. The van der Waals surface area contributed by atoms with Gasteiger partial charge in [0.2, 0.25) is 0 Å². The molecule has 23 heavy (non-hydrogen) atoms. The maximum Gasteiger partial charge on any atom is 0.252 e. The van der Waals surface area contributed by atoms with E-state index in [9.17, 15) is 9.18 Å². The minimum Gasteiger partial charge on any atom is -0.380 e. The first kappa shape index (κ1) is 16.9. The fourth-order valence-corrected chi connectivity index (χ4v) is 1.99. The van der Waals surface area contributed by atoms with E-state index in [2.05, 4.69) is 15.6 Å². The molecule has 5 nitrogen and oxygen atoms in total. The first-order valence-corrected chi connectivity index (χ1v) is 7.41. The maximum absolute atomic E-state index is 13.6. The number of hydrogen-bond donors (Lipinski definition) is 2. The molecule has 122 valence electrons. The molecule has 0 aliphatic rings. The SMILES string of the molecule is CN(C)CCNC(=O)c1cncc(NCc2ccccc2F)c1. The lowest BCUT2D eigenvalue weighted by atomic mass is 10.2. The number of aromatic nitrogens is 1. The van der Waals surface area contributed by atoms with Crippen LogP contribution >= 0.6 is 0 Å². The summed E-state index contributed by atoms with van der Waals surface area (Å²) >= 11 is 0. The van der Waals surface area contributed by atoms with Gasteiger partial charge in [-0.1, -0.05) is 18.2 Å². The molecule has 0 unspecified atom stereocenters. The fraction of sp³-hybridized carbons (Fsp3) is 0.294. The van der Waals surface area contributed by atoms with Crippen molar-refractivity contribution in [3.05, 3.63) is 59.7 Å². The summed E-state index contributed by atoms with van der Waals surface area (Å²) in [5.74, 6) is -0.431. The molecule has 1 aromatic heterocycles. The zero-order chi connectivity index (χ0) is 16.7. The summed E-state index contributed by atoms with van der Waals surface area (Å²) in [6, 6.07) is 8.28. The second kappa shape index (κ2) is 8.24. The average molecular weight is 316 g/mol. The van der Waals surface area contributed by atoms with Gasteiger partial charge < -0.3 is 15.5 Å². The Morgan fingerprint density at radius 2 is 2.04 bits per heavy atom. The summed E-state index contributed by atoms with van der Waals surface area (Å²) < 4.78 is 13.6. The molecule has 2 aromatic rings. The third-order valence-electron chi connectivity index (χ3n) is 3.29. The number of rotatable bonds is 7. The van der Waals surface area contributed by atoms with Crippen LogP contribution in [0.5, 0.6) is 0 Å². The molecule has 6 heteroatoms. The first-order valence-electron chi connectivity index (χ1n) is 7.41. The molecule has 2 N–H and O–H groups in total. The van der Waals surface area contributed by atoms with Crippen LogP contribution in [0.15, 0.2) is 42.7 Å². The van der Waals surface area contributed by atoms with E-state index in [4.69, 9.17) is 0 Å². The zero-order valence-electron chi connectivity index (χ0n) is 13.3. The van der Waals surface area contributed by atoms with E-state index in [1.54, 1.807) is 30.5 Å². The molecule has 0 saturated heterocycles. The second-order valence-electron chi connectivity index (χ2n) is 5.47. The molecule has 0 fully saturated rings. The predicted octanol–water partition coefficient (Wildman–Crippen LogP) is 2.12. The molecule has 1 aromatic carbocycles. The Kier molecular flexibility index (Phi) is 6.05. The quantitative estimate of drug-likeness (QED) is 0.821. The Labute approximate surface area is 135 Å². The van der Waals surface area contributed by atoms with Crippen LogP contribution < -0.4 is 10.6 Å². The monoisotopic (exact) mass is 316 g/mol. The third-order valence-corrected chi connectivity index (χ3v) is 3.29. The van der Waals surface area contributed by atoms with E-state index in [1.807, 2.05) is 19.0 Å². The molecule has 0 saturated carbocycles. The van der Waals surface area contributed by atoms with Gasteiger partial charge in [-0.15, -0.1) is 0 Å². The number of halogens is 1. The predicted molar refractivity (Wildman–Crippen MR) is 88.9 cm³/mol. The number of carbonyl (C=O) groups is 1. The molecular formula is C17H21FN4O. The molecule has 0 aliphatic carbocycles. The summed E-state index contributed by atoms with van der Waals surface area (Å²) in [5.41, 5.74) is 1.71. The van der Waals surface area contributed by atoms with Gasteiger partial charge in [-0.25, -0.2) is 4.39 Å². The van der Waals surface area contributed by atoms with Crippen LogP contribution in [-0.4, -0.2) is 43.0 Å². The number of hydrogen-bond acceptors (Lipinski definition) is 4. The largest absolute Gasteiger partial charge is 0.380 e. The molecule has 0 spiro atoms. The maximum atomic E-state index is 13.6. The number of nitrogens with one attached hydrogen (secondary N) is 2. The van der Waals surface area contributed by atoms with E-state index in [-0.39, 0.29) is 11.7 Å². The van der Waals surface area contributed by atoms with Crippen LogP contribution in [0.25, 0.3) is 0 Å². The van der Waals surface area contributed by atoms with Gasteiger partial charge >= 0.3 is 0 Å². The van der Waals surface area contributed by atoms with E-state index >= 15 is 0 Å². The Bertz CT molecular complexity index is 661. The Balaban J connectivity index is 1.94. The number of carbonyl (C=O) groups excluding carboxylic acids is 1. The van der Waals surface area contributed by atoms with Crippen molar-refractivity contribution >= 4 is 11.6 Å². The van der Waals surface area contributed by atoms with Gasteiger partial charge in [0.15, 0.2) is 0 Å². The molecule has 0 radical (unpaired) electrons. The van der Waals surface area contributed by atoms with Gasteiger partial charge in [-0.2, -0.15) is 0 Å². The summed E-state index contributed by atoms with van der Waals surface area (Å²) in [6.07, 6.45) is 3.12. The summed E-state index contributed by atoms with van der Waals surface area (Å²) in [7, 11) is 3.89. The Morgan fingerprint density at radius 1 is 1.26 bits per heavy atom. The van der Waals surface area contributed by atoms with Crippen molar-refractivity contribution in [1.29, 1.82) is 0 Å². The van der Waals surface area contributed by atoms with Crippen LogP contribution in [0.2, 0.25) is 0 Å². The standard InChI is InChI=1S/C17H21FN4O/c1-22(2)8-7-20-17(23)14-9-15(12-19-10-14)21-11-13-5-3-4-6-16(13)18/h3-6,9-10,12,21H,7-8,11H2,1-2H3,(H,20,23). The van der Waals surface area contributed by atoms with Crippen LogP contribution in [0.1, 0.15) is 15.9 Å². The average Bonchev–Trinajstić information content (AvgIpc) is 2.54. The zero-order valence-corrected chi connectivity index (χ0v) is 13.3. The van der Waals surface area contributed by atoms with Gasteiger partial charge in [0, 0.05) is 37.6 Å². The van der Waals surface area contributed by atoms with E-state index < -0.39 is 0 Å². The highest BCUT2D eigenvalue weighted by molar-refractivity contribution is 5.94. The second-order valence-corrected chi connectivity index (χ2v) is 5.47. The van der Waals surface area contributed by atoms with Crippen LogP contribution in [0.4, 0.5) is 10.1 Å². The summed E-state index contributed by atoms with van der Waals surface area (Å²) in [5, 5.41) is 5.91. The first-order chi connectivity index (χ1) is 11.1. The Morgan fingerprint density at radius 3 is 2.78 bits per heavy atom. The van der Waals surface area contributed by atoms with Crippen molar-refractivity contribution in [3.63, 3.8) is 0 Å². The third kappa shape index (κ3) is 5.34. The van der Waals surface area contributed by atoms with Crippen molar-refractivity contribution in [2.75, 3.05) is 32.5 Å². The highest BCUT2D eigenvalue weighted by atomic mass is 19.1. The van der Waals surface area contributed by atoms with Crippen molar-refractivity contribution < 1.29 is 9.18 Å². The van der Waals surface area contributed by atoms with Crippen LogP contribution in [0, 0.1) is 5.82 Å². The smallest absolute Gasteiger partial charge is 0.252 e. The lowest BCUT2D eigenvalue weighted by Gasteiger charge is -2.11. The van der Waals surface area contributed by atoms with Gasteiger partial charge in [0.05, 0.1) is 11.3 Å². The number of pyridine rings is 1. The van der Waals surface area contributed by atoms with Gasteiger partial charge in [0.25, 0.3) is 5.91 Å².